The van der Waals surface area contributed by atoms with Crippen LogP contribution in [0.1, 0.15) is 20.3 Å². The average Bonchev–Trinajstić information content (AvgIpc) is 2.28. The van der Waals surface area contributed by atoms with E-state index in [1.165, 1.54) is 24.3 Å². The largest absolute Gasteiger partial charge is 0.425 e. The highest BCUT2D eigenvalue weighted by molar-refractivity contribution is 8.93. The molecule has 0 aliphatic carbocycles. The standard InChI is InChI=1S/C12H16N2O4.BrH/c1-8(2)7-11(13)12(15)18-10-5-3-9(4-6-10)14(16)17;/h3-6,8,11H,7,13H2,1-2H3;1H/t11-;/m0./s1. The third kappa shape index (κ3) is 5.80. The number of hydrogen-bond donors (Lipinski definition) is 1. The van der Waals surface area contributed by atoms with E-state index in [1.54, 1.807) is 0 Å². The fourth-order valence-corrected chi connectivity index (χ4v) is 1.43. The third-order valence-electron chi connectivity index (χ3n) is 2.29. The zero-order chi connectivity index (χ0) is 13.7. The minimum atomic E-state index is -0.680. The summed E-state index contributed by atoms with van der Waals surface area (Å²) in [5, 5.41) is 10.4. The molecule has 106 valence electrons. The molecule has 1 atom stereocenters. The molecule has 0 unspecified atom stereocenters. The number of nitrogens with zero attached hydrogens (tertiary/aromatic N) is 1. The smallest absolute Gasteiger partial charge is 0.328 e. The lowest BCUT2D eigenvalue weighted by Gasteiger charge is -2.12. The molecule has 1 aromatic carbocycles. The first-order valence-electron chi connectivity index (χ1n) is 5.62. The Balaban J connectivity index is 0.00000324. The van der Waals surface area contributed by atoms with Gasteiger partial charge < -0.3 is 10.5 Å². The summed E-state index contributed by atoms with van der Waals surface area (Å²) in [7, 11) is 0. The summed E-state index contributed by atoms with van der Waals surface area (Å²) in [4.78, 5) is 21.5. The van der Waals surface area contributed by atoms with Gasteiger partial charge in [0.2, 0.25) is 0 Å². The van der Waals surface area contributed by atoms with Crippen molar-refractivity contribution in [3.05, 3.63) is 34.4 Å². The molecule has 1 aromatic rings. The maximum Gasteiger partial charge on any atom is 0.328 e. The van der Waals surface area contributed by atoms with Gasteiger partial charge in [-0.2, -0.15) is 0 Å². The Bertz CT molecular complexity index is 434. The molecule has 0 bridgehead atoms. The zero-order valence-corrected chi connectivity index (χ0v) is 12.5. The van der Waals surface area contributed by atoms with Crippen molar-refractivity contribution in [3.63, 3.8) is 0 Å². The number of non-ortho nitro benzene ring substituents is 1. The molecule has 19 heavy (non-hydrogen) atoms. The van der Waals surface area contributed by atoms with Crippen LogP contribution in [0.25, 0.3) is 0 Å². The number of esters is 1. The van der Waals surface area contributed by atoms with Crippen molar-refractivity contribution in [3.8, 4) is 5.75 Å². The number of halogens is 1. The van der Waals surface area contributed by atoms with Crippen LogP contribution in [0.4, 0.5) is 5.69 Å². The summed E-state index contributed by atoms with van der Waals surface area (Å²) in [5.74, 6) is 0.0202. The predicted octanol–water partition coefficient (Wildman–Crippen LogP) is 2.45. The first-order chi connectivity index (χ1) is 8.40. The third-order valence-corrected chi connectivity index (χ3v) is 2.29. The number of carbonyl (C=O) groups is 1. The predicted molar refractivity (Wildman–Crippen MR) is 76.5 cm³/mol. The first kappa shape index (κ1) is 17.5. The summed E-state index contributed by atoms with van der Waals surface area (Å²) in [6.45, 7) is 3.91. The molecule has 0 fully saturated rings. The number of benzene rings is 1. The van der Waals surface area contributed by atoms with Crippen LogP contribution in [-0.2, 0) is 4.79 Å². The van der Waals surface area contributed by atoms with Crippen LogP contribution >= 0.6 is 17.0 Å². The summed E-state index contributed by atoms with van der Waals surface area (Å²) >= 11 is 0. The molecule has 0 radical (unpaired) electrons. The minimum absolute atomic E-state index is 0. The number of rotatable bonds is 5. The number of hydrogen-bond acceptors (Lipinski definition) is 5. The number of nitrogens with two attached hydrogens (primary N) is 1. The zero-order valence-electron chi connectivity index (χ0n) is 10.7. The van der Waals surface area contributed by atoms with E-state index in [1.807, 2.05) is 13.8 Å². The lowest BCUT2D eigenvalue weighted by molar-refractivity contribution is -0.384. The van der Waals surface area contributed by atoms with Crippen LogP contribution in [0.15, 0.2) is 24.3 Å². The molecule has 0 saturated heterocycles. The van der Waals surface area contributed by atoms with E-state index in [0.717, 1.165) is 0 Å². The molecule has 7 heteroatoms. The molecule has 0 saturated carbocycles. The van der Waals surface area contributed by atoms with Gasteiger partial charge in [0.25, 0.3) is 5.69 Å². The molecule has 6 nitrogen and oxygen atoms in total. The quantitative estimate of drug-likeness (QED) is 0.386. The van der Waals surface area contributed by atoms with Crippen molar-refractivity contribution >= 4 is 28.6 Å². The molecule has 0 aliphatic rings. The Morgan fingerprint density at radius 2 is 1.89 bits per heavy atom. The summed E-state index contributed by atoms with van der Waals surface area (Å²) in [6, 6.07) is 4.61. The van der Waals surface area contributed by atoms with Crippen molar-refractivity contribution in [2.24, 2.45) is 11.7 Å². The van der Waals surface area contributed by atoms with Gasteiger partial charge in [-0.15, -0.1) is 17.0 Å². The van der Waals surface area contributed by atoms with E-state index >= 15 is 0 Å². The van der Waals surface area contributed by atoms with Crippen molar-refractivity contribution in [2.75, 3.05) is 0 Å². The van der Waals surface area contributed by atoms with Crippen LogP contribution < -0.4 is 10.5 Å². The SMILES string of the molecule is Br.CC(C)C[C@H](N)C(=O)Oc1ccc([N+](=O)[O-])cc1. The van der Waals surface area contributed by atoms with Gasteiger partial charge in [0.1, 0.15) is 11.8 Å². The van der Waals surface area contributed by atoms with E-state index in [-0.39, 0.29) is 28.4 Å². The van der Waals surface area contributed by atoms with Crippen LogP contribution in [0.2, 0.25) is 0 Å². The summed E-state index contributed by atoms with van der Waals surface area (Å²) in [5.41, 5.74) is 5.61. The maximum atomic E-state index is 11.6. The first-order valence-corrected chi connectivity index (χ1v) is 5.62. The second-order valence-corrected chi connectivity index (χ2v) is 4.41. The highest BCUT2D eigenvalue weighted by atomic mass is 79.9. The van der Waals surface area contributed by atoms with Crippen LogP contribution in [-0.4, -0.2) is 16.9 Å². The van der Waals surface area contributed by atoms with Crippen LogP contribution in [0, 0.1) is 16.0 Å². The van der Waals surface area contributed by atoms with Gasteiger partial charge in [0.15, 0.2) is 0 Å². The number of nitro groups is 1. The van der Waals surface area contributed by atoms with Gasteiger partial charge in [-0.1, -0.05) is 13.8 Å². The van der Waals surface area contributed by atoms with Gasteiger partial charge in [-0.05, 0) is 24.5 Å². The lowest BCUT2D eigenvalue weighted by atomic mass is 10.1. The number of ether oxygens (including phenoxy) is 1. The van der Waals surface area contributed by atoms with Crippen LogP contribution in [0.5, 0.6) is 5.75 Å². The van der Waals surface area contributed by atoms with E-state index in [4.69, 9.17) is 10.5 Å². The Hall–Kier alpha value is -1.47. The van der Waals surface area contributed by atoms with Crippen molar-refractivity contribution in [1.29, 1.82) is 0 Å². The maximum absolute atomic E-state index is 11.6. The van der Waals surface area contributed by atoms with Gasteiger partial charge in [0, 0.05) is 12.1 Å². The summed E-state index contributed by atoms with van der Waals surface area (Å²) < 4.78 is 5.03. The van der Waals surface area contributed by atoms with Gasteiger partial charge >= 0.3 is 5.97 Å². The fourth-order valence-electron chi connectivity index (χ4n) is 1.43. The van der Waals surface area contributed by atoms with E-state index in [2.05, 4.69) is 0 Å². The highest BCUT2D eigenvalue weighted by Crippen LogP contribution is 2.18. The monoisotopic (exact) mass is 332 g/mol. The number of carbonyl (C=O) groups excluding carboxylic acids is 1. The second-order valence-electron chi connectivity index (χ2n) is 4.41. The average molecular weight is 333 g/mol. The normalized spacial score (nSPS) is 11.6. The Morgan fingerprint density at radius 1 is 1.37 bits per heavy atom. The summed E-state index contributed by atoms with van der Waals surface area (Å²) in [6.07, 6.45) is 0.534. The molecule has 2 N–H and O–H groups in total. The fraction of sp³-hybridized carbons (Fsp3) is 0.417. The van der Waals surface area contributed by atoms with Gasteiger partial charge in [0.05, 0.1) is 4.92 Å². The Kier molecular flexibility index (Phi) is 7.25. The topological polar surface area (TPSA) is 95.5 Å². The van der Waals surface area contributed by atoms with Crippen LogP contribution in [0.3, 0.4) is 0 Å². The van der Waals surface area contributed by atoms with Gasteiger partial charge in [-0.25, -0.2) is 4.79 Å². The molecular formula is C12H17BrN2O4. The highest BCUT2D eigenvalue weighted by Gasteiger charge is 2.17. The minimum Gasteiger partial charge on any atom is -0.425 e. The van der Waals surface area contributed by atoms with Crippen molar-refractivity contribution < 1.29 is 14.5 Å². The van der Waals surface area contributed by atoms with Gasteiger partial charge in [-0.3, -0.25) is 10.1 Å². The number of nitro benzene ring substituents is 1. The van der Waals surface area contributed by atoms with E-state index in [9.17, 15) is 14.9 Å². The lowest BCUT2D eigenvalue weighted by Crippen LogP contribution is -2.35. The molecule has 1 rings (SSSR count). The molecule has 0 amide bonds. The van der Waals surface area contributed by atoms with E-state index in [0.29, 0.717) is 12.3 Å². The Labute approximate surface area is 121 Å². The van der Waals surface area contributed by atoms with Crippen molar-refractivity contribution in [1.82, 2.24) is 0 Å². The molecule has 0 heterocycles. The second kappa shape index (κ2) is 7.85. The molecule has 0 spiro atoms. The Morgan fingerprint density at radius 3 is 2.32 bits per heavy atom. The van der Waals surface area contributed by atoms with E-state index < -0.39 is 16.9 Å². The molecule has 0 aliphatic heterocycles. The molecular weight excluding hydrogens is 316 g/mol. The van der Waals surface area contributed by atoms with Crippen molar-refractivity contribution in [2.45, 2.75) is 26.3 Å². The molecule has 0 aromatic heterocycles.